The zero-order valence-corrected chi connectivity index (χ0v) is 34.1. The highest BCUT2D eigenvalue weighted by molar-refractivity contribution is 6.68. The minimum Gasteiger partial charge on any atom is -0.456 e. The van der Waals surface area contributed by atoms with Gasteiger partial charge in [0, 0.05) is 21.9 Å². The highest BCUT2D eigenvalue weighted by Crippen LogP contribution is 2.38. The minimum absolute atomic E-state index is 0.0211. The van der Waals surface area contributed by atoms with Crippen molar-refractivity contribution in [3.8, 4) is 22.8 Å². The molecule has 10 heteroatoms. The number of furan rings is 1. The Labute approximate surface area is 366 Å². The summed E-state index contributed by atoms with van der Waals surface area (Å²) in [5, 5.41) is 1.97. The zero-order chi connectivity index (χ0) is 42.8. The van der Waals surface area contributed by atoms with Gasteiger partial charge in [-0.15, -0.1) is 16.4 Å². The molecule has 0 amide bonds. The number of nitrogens with zero attached hydrogens (tertiary/aromatic N) is 3. The fourth-order valence-corrected chi connectivity index (χ4v) is 7.74. The number of para-hydroxylation sites is 1. The Kier molecular flexibility index (Phi) is 11.8. The Hall–Kier alpha value is -6.26. The molecular weight excluding hydrogens is 735 g/mol. The van der Waals surface area contributed by atoms with Crippen molar-refractivity contribution in [1.82, 2.24) is 15.0 Å². The van der Waals surface area contributed by atoms with Crippen molar-refractivity contribution >= 4 is 107 Å². The van der Waals surface area contributed by atoms with Crippen LogP contribution in [0.4, 0.5) is 0 Å². The summed E-state index contributed by atoms with van der Waals surface area (Å²) in [7, 11) is 38.8. The van der Waals surface area contributed by atoms with Crippen LogP contribution in [0.1, 0.15) is 36.7 Å². The van der Waals surface area contributed by atoms with Gasteiger partial charge in [-0.3, -0.25) is 0 Å². The van der Waals surface area contributed by atoms with E-state index in [1.165, 1.54) is 0 Å². The van der Waals surface area contributed by atoms with Gasteiger partial charge in [0.05, 0.1) is 13.3 Å². The summed E-state index contributed by atoms with van der Waals surface area (Å²) in [6.45, 7) is 11.3. The second-order valence-corrected chi connectivity index (χ2v) is 15.6. The molecule has 2 atom stereocenters. The van der Waals surface area contributed by atoms with E-state index in [1.807, 2.05) is 84.9 Å². The smallest absolute Gasteiger partial charge is 0.163 e. The van der Waals surface area contributed by atoms with Crippen LogP contribution in [-0.4, -0.2) is 62.0 Å². The van der Waals surface area contributed by atoms with Crippen LogP contribution >= 0.6 is 0 Å². The molecule has 12 radical (unpaired) electrons. The normalized spacial score (nSPS) is 20.4. The number of fused-ring (bicyclic) bond motifs is 3. The van der Waals surface area contributed by atoms with Gasteiger partial charge in [0.15, 0.2) is 11.6 Å². The Balaban J connectivity index is 1.36. The predicted octanol–water partition coefficient (Wildman–Crippen LogP) is 6.72. The van der Waals surface area contributed by atoms with Gasteiger partial charge in [0.1, 0.15) is 56.2 Å². The standard InChI is InChI=1S/C51H37B6N3O/c1-30-27-35(33-15-8-5-9-16-33)17-12-26-51(3,31(2)20-21-34(22-23-37(30)29-52)32-13-6-4-7-14-32)50-59-48(36-24-25-39-38-18-10-11-19-40(38)61-41(39)28-36)58-49(60-50)42-43(53)45(55)47(57)46(56)44(42)54/h4-22,24-25,27-28,37H,1-2,23,26,29H2,3H3/b17-12-,21-20-,34-22+,35-27+. The van der Waals surface area contributed by atoms with Crippen molar-refractivity contribution in [2.75, 3.05) is 0 Å². The van der Waals surface area contributed by atoms with Crippen molar-refractivity contribution in [3.05, 3.63) is 181 Å². The predicted molar refractivity (Wildman–Crippen MR) is 261 cm³/mol. The number of benzene rings is 5. The lowest BCUT2D eigenvalue weighted by Crippen LogP contribution is -2.55. The van der Waals surface area contributed by atoms with E-state index in [0.717, 1.165) is 49.8 Å². The lowest BCUT2D eigenvalue weighted by atomic mass is 9.60. The van der Waals surface area contributed by atoms with Crippen LogP contribution in [-0.2, 0) is 5.41 Å². The molecular formula is C51H37B6N3O. The summed E-state index contributed by atoms with van der Waals surface area (Å²) < 4.78 is 6.29. The van der Waals surface area contributed by atoms with E-state index in [0.29, 0.717) is 42.0 Å². The molecule has 2 aromatic heterocycles. The number of aromatic nitrogens is 3. The highest BCUT2D eigenvalue weighted by atomic mass is 16.3. The van der Waals surface area contributed by atoms with Gasteiger partial charge in [-0.05, 0) is 71.7 Å². The van der Waals surface area contributed by atoms with E-state index in [-0.39, 0.29) is 44.6 Å². The third-order valence-corrected chi connectivity index (χ3v) is 11.7. The van der Waals surface area contributed by atoms with Crippen molar-refractivity contribution in [1.29, 1.82) is 0 Å². The van der Waals surface area contributed by atoms with Gasteiger partial charge in [0.2, 0.25) is 0 Å². The summed E-state index contributed by atoms with van der Waals surface area (Å²) >= 11 is 0. The van der Waals surface area contributed by atoms with Crippen LogP contribution < -0.4 is 27.3 Å². The van der Waals surface area contributed by atoms with Crippen molar-refractivity contribution in [2.24, 2.45) is 5.92 Å². The second kappa shape index (κ2) is 17.4. The maximum absolute atomic E-state index is 6.67. The molecule has 0 aliphatic heterocycles. The summed E-state index contributed by atoms with van der Waals surface area (Å²) in [5.74, 6) is 0.973. The van der Waals surface area contributed by atoms with Crippen LogP contribution in [0, 0.1) is 5.92 Å². The number of hydrogen-bond donors (Lipinski definition) is 0. The monoisotopic (exact) mass is 773 g/mol. The number of hydrogen-bond acceptors (Lipinski definition) is 4. The minimum atomic E-state index is -0.929. The molecule has 0 fully saturated rings. The maximum Gasteiger partial charge on any atom is 0.163 e. The lowest BCUT2D eigenvalue weighted by Gasteiger charge is -2.29. The molecule has 2 unspecified atom stereocenters. The average molecular weight is 773 g/mol. The summed E-state index contributed by atoms with van der Waals surface area (Å²) in [6, 6.07) is 34.3. The first kappa shape index (κ1) is 41.5. The second-order valence-electron chi connectivity index (χ2n) is 15.6. The van der Waals surface area contributed by atoms with Gasteiger partial charge in [-0.1, -0.05) is 157 Å². The lowest BCUT2D eigenvalue weighted by molar-refractivity contribution is 0.538. The highest BCUT2D eigenvalue weighted by Gasteiger charge is 2.33. The van der Waals surface area contributed by atoms with Gasteiger partial charge < -0.3 is 4.42 Å². The van der Waals surface area contributed by atoms with E-state index in [1.54, 1.807) is 0 Å². The van der Waals surface area contributed by atoms with E-state index in [9.17, 15) is 0 Å². The van der Waals surface area contributed by atoms with Crippen LogP contribution in [0.2, 0.25) is 6.32 Å². The first-order valence-electron chi connectivity index (χ1n) is 20.1. The van der Waals surface area contributed by atoms with Crippen LogP contribution in [0.15, 0.2) is 168 Å². The van der Waals surface area contributed by atoms with Gasteiger partial charge >= 0.3 is 0 Å². The SMILES string of the molecule is [B]CC1C/C=C(c2ccccc2)\C=C/C(=C)C(C)(c2nc(-c3ccc4c(c3)oc3ccccc34)nc(-c3c([B])c([B])c([B])c([B])c3[B])n2)C/C=C\C(c2ccccc2)=C/C1=C. The van der Waals surface area contributed by atoms with E-state index >= 15 is 0 Å². The van der Waals surface area contributed by atoms with Gasteiger partial charge in [-0.2, -0.15) is 0 Å². The van der Waals surface area contributed by atoms with Crippen LogP contribution in [0.3, 0.4) is 0 Å². The van der Waals surface area contributed by atoms with Crippen LogP contribution in [0.25, 0.3) is 55.9 Å². The first-order valence-corrected chi connectivity index (χ1v) is 20.1. The summed E-state index contributed by atoms with van der Waals surface area (Å²) in [6.07, 6.45) is 14.2. The third kappa shape index (κ3) is 8.16. The molecule has 280 valence electrons. The molecule has 7 aromatic rings. The quantitative estimate of drug-likeness (QED) is 0.176. The third-order valence-electron chi connectivity index (χ3n) is 11.7. The Morgan fingerprint density at radius 3 is 1.93 bits per heavy atom. The summed E-state index contributed by atoms with van der Waals surface area (Å²) in [5.41, 5.74) is 7.75. The zero-order valence-electron chi connectivity index (χ0n) is 34.1. The van der Waals surface area contributed by atoms with Crippen LogP contribution in [0.5, 0.6) is 0 Å². The molecule has 5 aromatic carbocycles. The molecule has 1 aliphatic rings. The van der Waals surface area contributed by atoms with Crippen molar-refractivity contribution in [3.63, 3.8) is 0 Å². The Morgan fingerprint density at radius 1 is 0.639 bits per heavy atom. The first-order chi connectivity index (χ1) is 29.5. The Bertz CT molecular complexity index is 2940. The molecule has 2 heterocycles. The molecule has 4 nitrogen and oxygen atoms in total. The van der Waals surface area contributed by atoms with E-state index < -0.39 is 5.41 Å². The van der Waals surface area contributed by atoms with E-state index in [4.69, 9.17) is 66.4 Å². The topological polar surface area (TPSA) is 51.8 Å². The number of rotatable bonds is 6. The molecule has 8 rings (SSSR count). The molecule has 0 N–H and O–H groups in total. The largest absolute Gasteiger partial charge is 0.456 e. The number of allylic oxidation sites excluding steroid dienone is 10. The molecule has 0 spiro atoms. The average Bonchev–Trinajstić information content (AvgIpc) is 3.66. The van der Waals surface area contributed by atoms with Gasteiger partial charge in [0.25, 0.3) is 0 Å². The van der Waals surface area contributed by atoms with Crippen molar-refractivity contribution in [2.45, 2.75) is 31.5 Å². The fraction of sp³-hybridized carbons (Fsp3) is 0.118. The fourth-order valence-electron chi connectivity index (χ4n) is 7.74. The Morgan fingerprint density at radius 2 is 1.25 bits per heavy atom. The molecule has 1 aliphatic carbocycles. The van der Waals surface area contributed by atoms with E-state index in [2.05, 4.69) is 74.7 Å². The molecule has 61 heavy (non-hydrogen) atoms. The molecule has 0 bridgehead atoms. The maximum atomic E-state index is 6.67. The van der Waals surface area contributed by atoms with Gasteiger partial charge in [-0.25, -0.2) is 15.0 Å². The molecule has 0 saturated carbocycles. The molecule has 0 saturated heterocycles. The summed E-state index contributed by atoms with van der Waals surface area (Å²) in [4.78, 5) is 15.4. The van der Waals surface area contributed by atoms with Crippen molar-refractivity contribution < 1.29 is 4.42 Å².